The van der Waals surface area contributed by atoms with Gasteiger partial charge in [0.05, 0.1) is 0 Å². The van der Waals surface area contributed by atoms with Crippen LogP contribution < -0.4 is 10.6 Å². The van der Waals surface area contributed by atoms with Gasteiger partial charge in [0.1, 0.15) is 18.0 Å². The number of nitrogens with one attached hydrogen (secondary N) is 2. The van der Waals surface area contributed by atoms with Crippen LogP contribution in [-0.4, -0.2) is 62.1 Å². The molecule has 0 atom stereocenters. The van der Waals surface area contributed by atoms with E-state index in [4.69, 9.17) is 9.47 Å². The number of ether oxygens (including phenoxy) is 2. The minimum Gasteiger partial charge on any atom is -0.507 e. The highest BCUT2D eigenvalue weighted by Gasteiger charge is 2.52. The zero-order valence-corrected chi connectivity index (χ0v) is 29.9. The van der Waals surface area contributed by atoms with Gasteiger partial charge in [-0.15, -0.1) is 0 Å². The van der Waals surface area contributed by atoms with Crippen molar-refractivity contribution in [2.75, 3.05) is 0 Å². The highest BCUT2D eigenvalue weighted by Crippen LogP contribution is 2.41. The van der Waals surface area contributed by atoms with Crippen LogP contribution in [0.3, 0.4) is 0 Å². The lowest BCUT2D eigenvalue weighted by Gasteiger charge is -2.47. The minimum atomic E-state index is -2.58. The third-order valence-electron chi connectivity index (χ3n) is 8.77. The number of esters is 2. The third kappa shape index (κ3) is 8.76. The predicted octanol–water partition coefficient (Wildman–Crippen LogP) is 5.97. The summed E-state index contributed by atoms with van der Waals surface area (Å²) in [6.45, 7) is 28.4. The molecule has 44 heavy (non-hydrogen) atoms. The fourth-order valence-electron chi connectivity index (χ4n) is 7.58. The standard InChI is InChI=1S/C36H60N2O6/c1-30(2,3)25-15-22(16-26(27(25)39)31(4,5)6)17-36(42,28(40)43-23-18-32(7,8)37-33(9,10)19-23)29(41)44-24-20-34(11,12)38-35(13,14)21-24/h15-16,23-24,37-39,42H,17-21H2,1-14H3. The molecule has 3 rings (SSSR count). The molecule has 8 heteroatoms. The van der Waals surface area contributed by atoms with Crippen molar-refractivity contribution in [3.05, 3.63) is 28.8 Å². The number of phenols is 1. The van der Waals surface area contributed by atoms with Crippen LogP contribution in [0.4, 0.5) is 0 Å². The fourth-order valence-corrected chi connectivity index (χ4v) is 7.58. The van der Waals surface area contributed by atoms with Crippen molar-refractivity contribution in [2.24, 2.45) is 0 Å². The number of piperidine rings is 2. The number of benzene rings is 1. The van der Waals surface area contributed by atoms with E-state index in [0.29, 0.717) is 42.4 Å². The Bertz CT molecular complexity index is 1130. The number of hydrogen-bond donors (Lipinski definition) is 4. The Morgan fingerprint density at radius 3 is 1.27 bits per heavy atom. The Hall–Kier alpha value is -2.16. The molecule has 2 aliphatic heterocycles. The molecule has 2 saturated heterocycles. The molecule has 2 heterocycles. The molecule has 0 saturated carbocycles. The van der Waals surface area contributed by atoms with Gasteiger partial charge in [0.15, 0.2) is 0 Å². The van der Waals surface area contributed by atoms with E-state index >= 15 is 0 Å². The molecule has 0 spiro atoms. The number of aliphatic hydroxyl groups is 1. The summed E-state index contributed by atoms with van der Waals surface area (Å²) < 4.78 is 12.0. The Morgan fingerprint density at radius 2 is 1.00 bits per heavy atom. The maximum Gasteiger partial charge on any atom is 0.350 e. The summed E-state index contributed by atoms with van der Waals surface area (Å²) >= 11 is 0. The van der Waals surface area contributed by atoms with Crippen LogP contribution in [0, 0.1) is 0 Å². The molecule has 2 aliphatic rings. The molecular formula is C36H60N2O6. The van der Waals surface area contributed by atoms with Gasteiger partial charge in [-0.1, -0.05) is 53.7 Å². The minimum absolute atomic E-state index is 0.181. The summed E-state index contributed by atoms with van der Waals surface area (Å²) in [6, 6.07) is 3.56. The monoisotopic (exact) mass is 616 g/mol. The average molecular weight is 617 g/mol. The molecule has 8 nitrogen and oxygen atoms in total. The van der Waals surface area contributed by atoms with Crippen molar-refractivity contribution in [1.82, 2.24) is 10.6 Å². The molecule has 1 aromatic carbocycles. The summed E-state index contributed by atoms with van der Waals surface area (Å²) in [7, 11) is 0. The SMILES string of the molecule is CC1(C)CC(OC(=O)C(O)(Cc2cc(C(C)(C)C)c(O)c(C(C)(C)C)c2)C(=O)OC2CC(C)(C)NC(C)(C)C2)CC(C)(C)N1. The van der Waals surface area contributed by atoms with Gasteiger partial charge < -0.3 is 30.3 Å². The number of carbonyl (C=O) groups is 2. The Kier molecular flexibility index (Phi) is 9.55. The highest BCUT2D eigenvalue weighted by molar-refractivity contribution is 6.03. The molecule has 0 radical (unpaired) electrons. The van der Waals surface area contributed by atoms with E-state index in [2.05, 4.69) is 10.6 Å². The van der Waals surface area contributed by atoms with E-state index < -0.39 is 40.6 Å². The number of carbonyl (C=O) groups excluding carboxylic acids is 2. The van der Waals surface area contributed by atoms with Crippen molar-refractivity contribution in [2.45, 2.75) is 180 Å². The van der Waals surface area contributed by atoms with Crippen LogP contribution >= 0.6 is 0 Å². The molecule has 0 unspecified atom stereocenters. The summed E-state index contributed by atoms with van der Waals surface area (Å²) in [5.74, 6) is -1.83. The van der Waals surface area contributed by atoms with Gasteiger partial charge in [-0.25, -0.2) is 9.59 Å². The maximum atomic E-state index is 14.1. The quantitative estimate of drug-likeness (QED) is 0.228. The molecule has 0 bridgehead atoms. The van der Waals surface area contributed by atoms with Gasteiger partial charge in [0, 0.05) is 54.3 Å². The molecule has 2 fully saturated rings. The second-order valence-corrected chi connectivity index (χ2v) is 18.2. The summed E-state index contributed by atoms with van der Waals surface area (Å²) in [4.78, 5) is 28.1. The van der Waals surface area contributed by atoms with Crippen LogP contribution in [0.5, 0.6) is 5.75 Å². The highest BCUT2D eigenvalue weighted by atomic mass is 16.6. The first-order chi connectivity index (χ1) is 19.5. The molecule has 0 aliphatic carbocycles. The molecular weight excluding hydrogens is 556 g/mol. The van der Waals surface area contributed by atoms with Crippen LogP contribution in [0.25, 0.3) is 0 Å². The maximum absolute atomic E-state index is 14.1. The Balaban J connectivity index is 2.07. The fraction of sp³-hybridized carbons (Fsp3) is 0.778. The number of hydrogen-bond acceptors (Lipinski definition) is 8. The summed E-state index contributed by atoms with van der Waals surface area (Å²) in [5, 5.41) is 30.6. The first-order valence-corrected chi connectivity index (χ1v) is 16.1. The number of aromatic hydroxyl groups is 1. The lowest BCUT2D eigenvalue weighted by molar-refractivity contribution is -0.193. The smallest absolute Gasteiger partial charge is 0.350 e. The van der Waals surface area contributed by atoms with Gasteiger partial charge in [0.25, 0.3) is 5.60 Å². The van der Waals surface area contributed by atoms with Gasteiger partial charge in [-0.2, -0.15) is 0 Å². The largest absolute Gasteiger partial charge is 0.507 e. The van der Waals surface area contributed by atoms with Gasteiger partial charge in [-0.3, -0.25) is 0 Å². The number of rotatable bonds is 6. The van der Waals surface area contributed by atoms with E-state index in [-0.39, 0.29) is 34.3 Å². The van der Waals surface area contributed by atoms with Crippen molar-refractivity contribution in [3.63, 3.8) is 0 Å². The van der Waals surface area contributed by atoms with Gasteiger partial charge >= 0.3 is 11.9 Å². The van der Waals surface area contributed by atoms with E-state index in [9.17, 15) is 19.8 Å². The second kappa shape index (κ2) is 11.6. The first kappa shape index (κ1) is 36.3. The molecule has 0 aromatic heterocycles. The predicted molar refractivity (Wildman–Crippen MR) is 175 cm³/mol. The van der Waals surface area contributed by atoms with Crippen molar-refractivity contribution < 1.29 is 29.3 Å². The lowest BCUT2D eigenvalue weighted by atomic mass is 9.77. The molecule has 1 aromatic rings. The van der Waals surface area contributed by atoms with E-state index in [1.807, 2.05) is 96.9 Å². The van der Waals surface area contributed by atoms with Gasteiger partial charge in [0.2, 0.25) is 0 Å². The zero-order chi connectivity index (χ0) is 33.9. The topological polar surface area (TPSA) is 117 Å². The second-order valence-electron chi connectivity index (χ2n) is 18.2. The zero-order valence-electron chi connectivity index (χ0n) is 29.9. The summed E-state index contributed by atoms with van der Waals surface area (Å²) in [6.07, 6.45) is 0.792. The summed E-state index contributed by atoms with van der Waals surface area (Å²) in [5.41, 5.74) is -2.79. The Labute approximate surface area is 266 Å². The van der Waals surface area contributed by atoms with Gasteiger partial charge in [-0.05, 0) is 82.9 Å². The van der Waals surface area contributed by atoms with Crippen LogP contribution in [0.2, 0.25) is 0 Å². The van der Waals surface area contributed by atoms with E-state index in [0.717, 1.165) is 0 Å². The average Bonchev–Trinajstić information content (AvgIpc) is 2.73. The number of phenolic OH excluding ortho intramolecular Hbond substituents is 1. The van der Waals surface area contributed by atoms with Crippen LogP contribution in [-0.2, 0) is 36.3 Å². The molecule has 4 N–H and O–H groups in total. The van der Waals surface area contributed by atoms with E-state index in [1.165, 1.54) is 0 Å². The first-order valence-electron chi connectivity index (χ1n) is 16.1. The van der Waals surface area contributed by atoms with Crippen LogP contribution in [0.1, 0.15) is 139 Å². The van der Waals surface area contributed by atoms with Crippen molar-refractivity contribution in [1.29, 1.82) is 0 Å². The molecule has 0 amide bonds. The molecule has 250 valence electrons. The van der Waals surface area contributed by atoms with Crippen molar-refractivity contribution in [3.8, 4) is 5.75 Å². The lowest BCUT2D eigenvalue weighted by Crippen LogP contribution is -2.62. The van der Waals surface area contributed by atoms with Crippen LogP contribution in [0.15, 0.2) is 12.1 Å². The van der Waals surface area contributed by atoms with E-state index in [1.54, 1.807) is 12.1 Å². The van der Waals surface area contributed by atoms with Crippen molar-refractivity contribution >= 4 is 11.9 Å². The Morgan fingerprint density at radius 1 is 0.705 bits per heavy atom. The normalized spacial score (nSPS) is 22.3. The third-order valence-corrected chi connectivity index (χ3v) is 8.77.